The number of H-pyrrole nitrogens is 1. The number of aryl methyl sites for hydroxylation is 1. The summed E-state index contributed by atoms with van der Waals surface area (Å²) in [6, 6.07) is 0. The molecule has 1 unspecified atom stereocenters. The molecule has 0 bridgehead atoms. The van der Waals surface area contributed by atoms with Crippen molar-refractivity contribution in [1.82, 2.24) is 9.97 Å². The standard InChI is InChI=1S/C13H19N3O3/c1-3-10-8(2)14-13(15-11(10)17)16-6-4-5-9(7-16)12(18)19/h9H,3-7H2,1-2H3,(H,18,19)(H,14,15,17). The third kappa shape index (κ3) is 2.77. The number of piperidine rings is 1. The first-order chi connectivity index (χ1) is 9.02. The molecule has 2 N–H and O–H groups in total. The quantitative estimate of drug-likeness (QED) is 0.849. The van der Waals surface area contributed by atoms with Gasteiger partial charge in [0.15, 0.2) is 0 Å². The lowest BCUT2D eigenvalue weighted by Gasteiger charge is -2.31. The van der Waals surface area contributed by atoms with Crippen LogP contribution in [0.5, 0.6) is 0 Å². The summed E-state index contributed by atoms with van der Waals surface area (Å²) in [6.45, 7) is 4.87. The Morgan fingerprint density at radius 2 is 2.32 bits per heavy atom. The fourth-order valence-electron chi connectivity index (χ4n) is 2.53. The maximum atomic E-state index is 11.9. The van der Waals surface area contributed by atoms with Gasteiger partial charge in [-0.1, -0.05) is 6.92 Å². The number of aliphatic carboxylic acids is 1. The molecule has 6 heteroatoms. The maximum absolute atomic E-state index is 11.9. The van der Waals surface area contributed by atoms with E-state index in [4.69, 9.17) is 5.11 Å². The van der Waals surface area contributed by atoms with Crippen LogP contribution in [-0.2, 0) is 11.2 Å². The number of nitrogens with one attached hydrogen (secondary N) is 1. The molecule has 0 aliphatic carbocycles. The predicted octanol–water partition coefficient (Wildman–Crippen LogP) is 0.942. The van der Waals surface area contributed by atoms with Crippen LogP contribution in [-0.4, -0.2) is 34.1 Å². The van der Waals surface area contributed by atoms with Crippen molar-refractivity contribution in [3.8, 4) is 0 Å². The largest absolute Gasteiger partial charge is 0.481 e. The van der Waals surface area contributed by atoms with Crippen LogP contribution in [0.25, 0.3) is 0 Å². The van der Waals surface area contributed by atoms with Gasteiger partial charge in [-0.15, -0.1) is 0 Å². The summed E-state index contributed by atoms with van der Waals surface area (Å²) >= 11 is 0. The third-order valence-electron chi connectivity index (χ3n) is 3.63. The molecule has 104 valence electrons. The molecule has 1 atom stereocenters. The van der Waals surface area contributed by atoms with Crippen LogP contribution in [0.2, 0.25) is 0 Å². The molecule has 2 rings (SSSR count). The first-order valence-corrected chi connectivity index (χ1v) is 6.60. The van der Waals surface area contributed by atoms with Gasteiger partial charge in [0, 0.05) is 24.3 Å². The number of aromatic nitrogens is 2. The van der Waals surface area contributed by atoms with E-state index in [0.717, 1.165) is 18.7 Å². The molecule has 1 aliphatic heterocycles. The molecule has 0 spiro atoms. The van der Waals surface area contributed by atoms with Gasteiger partial charge in [0.2, 0.25) is 5.95 Å². The van der Waals surface area contributed by atoms with Crippen molar-refractivity contribution in [2.75, 3.05) is 18.0 Å². The summed E-state index contributed by atoms with van der Waals surface area (Å²) in [4.78, 5) is 32.0. The number of aromatic amines is 1. The molecule has 0 radical (unpaired) electrons. The number of carboxylic acids is 1. The van der Waals surface area contributed by atoms with Crippen molar-refractivity contribution in [3.05, 3.63) is 21.6 Å². The summed E-state index contributed by atoms with van der Waals surface area (Å²) in [5.41, 5.74) is 1.29. The number of hydrogen-bond acceptors (Lipinski definition) is 4. The van der Waals surface area contributed by atoms with Gasteiger partial charge in [-0.3, -0.25) is 14.6 Å². The van der Waals surface area contributed by atoms with Crippen molar-refractivity contribution in [2.45, 2.75) is 33.1 Å². The summed E-state index contributed by atoms with van der Waals surface area (Å²) < 4.78 is 0. The van der Waals surface area contributed by atoms with E-state index in [0.29, 0.717) is 30.9 Å². The highest BCUT2D eigenvalue weighted by molar-refractivity contribution is 5.71. The molecule has 0 aromatic carbocycles. The fourth-order valence-corrected chi connectivity index (χ4v) is 2.53. The minimum atomic E-state index is -0.783. The normalized spacial score (nSPS) is 19.5. The lowest BCUT2D eigenvalue weighted by atomic mass is 9.99. The molecular weight excluding hydrogens is 246 g/mol. The van der Waals surface area contributed by atoms with E-state index in [1.807, 2.05) is 18.7 Å². The Kier molecular flexibility index (Phi) is 3.87. The Bertz CT molecular complexity index is 538. The third-order valence-corrected chi connectivity index (χ3v) is 3.63. The Balaban J connectivity index is 2.27. The zero-order valence-corrected chi connectivity index (χ0v) is 11.3. The number of carbonyl (C=O) groups is 1. The van der Waals surface area contributed by atoms with Gasteiger partial charge >= 0.3 is 5.97 Å². The summed E-state index contributed by atoms with van der Waals surface area (Å²) in [6.07, 6.45) is 2.13. The number of nitrogens with zero attached hydrogens (tertiary/aromatic N) is 2. The number of carboxylic acid groups (broad SMARTS) is 1. The molecule has 6 nitrogen and oxygen atoms in total. The van der Waals surface area contributed by atoms with Crippen molar-refractivity contribution in [1.29, 1.82) is 0 Å². The van der Waals surface area contributed by atoms with E-state index in [-0.39, 0.29) is 11.5 Å². The highest BCUT2D eigenvalue weighted by Crippen LogP contribution is 2.20. The molecule has 0 saturated carbocycles. The molecule has 1 aromatic heterocycles. The highest BCUT2D eigenvalue weighted by atomic mass is 16.4. The van der Waals surface area contributed by atoms with Gasteiger partial charge in [0.1, 0.15) is 0 Å². The molecule has 1 fully saturated rings. The lowest BCUT2D eigenvalue weighted by molar-refractivity contribution is -0.141. The second-order valence-corrected chi connectivity index (χ2v) is 4.93. The average molecular weight is 265 g/mol. The molecule has 2 heterocycles. The zero-order valence-electron chi connectivity index (χ0n) is 11.3. The summed E-state index contributed by atoms with van der Waals surface area (Å²) in [5.74, 6) is -0.676. The van der Waals surface area contributed by atoms with Crippen LogP contribution in [0, 0.1) is 12.8 Å². The van der Waals surface area contributed by atoms with Crippen LogP contribution >= 0.6 is 0 Å². The van der Waals surface area contributed by atoms with Crippen LogP contribution in [0.3, 0.4) is 0 Å². The molecule has 1 aliphatic rings. The van der Waals surface area contributed by atoms with Crippen molar-refractivity contribution < 1.29 is 9.90 Å². The van der Waals surface area contributed by atoms with E-state index in [1.165, 1.54) is 0 Å². The van der Waals surface area contributed by atoms with E-state index < -0.39 is 5.97 Å². The second kappa shape index (κ2) is 5.42. The molecule has 0 amide bonds. The molecular formula is C13H19N3O3. The van der Waals surface area contributed by atoms with Gasteiger partial charge in [0.25, 0.3) is 5.56 Å². The van der Waals surface area contributed by atoms with Crippen LogP contribution in [0.15, 0.2) is 4.79 Å². The van der Waals surface area contributed by atoms with Gasteiger partial charge in [-0.05, 0) is 26.2 Å². The minimum absolute atomic E-state index is 0.123. The van der Waals surface area contributed by atoms with E-state index >= 15 is 0 Å². The zero-order chi connectivity index (χ0) is 14.0. The fraction of sp³-hybridized carbons (Fsp3) is 0.615. The first-order valence-electron chi connectivity index (χ1n) is 6.60. The van der Waals surface area contributed by atoms with Gasteiger partial charge in [-0.2, -0.15) is 0 Å². The first kappa shape index (κ1) is 13.6. The molecule has 1 aromatic rings. The molecule has 1 saturated heterocycles. The van der Waals surface area contributed by atoms with Gasteiger partial charge < -0.3 is 10.0 Å². The second-order valence-electron chi connectivity index (χ2n) is 4.93. The lowest BCUT2D eigenvalue weighted by Crippen LogP contribution is -2.40. The Labute approximate surface area is 111 Å². The van der Waals surface area contributed by atoms with Crippen LogP contribution < -0.4 is 10.5 Å². The maximum Gasteiger partial charge on any atom is 0.308 e. The van der Waals surface area contributed by atoms with Gasteiger partial charge in [-0.25, -0.2) is 4.98 Å². The number of anilines is 1. The van der Waals surface area contributed by atoms with Gasteiger partial charge in [0.05, 0.1) is 5.92 Å². The van der Waals surface area contributed by atoms with E-state index in [9.17, 15) is 9.59 Å². The Morgan fingerprint density at radius 3 is 2.89 bits per heavy atom. The number of rotatable bonds is 3. The summed E-state index contributed by atoms with van der Waals surface area (Å²) in [7, 11) is 0. The smallest absolute Gasteiger partial charge is 0.308 e. The van der Waals surface area contributed by atoms with Crippen molar-refractivity contribution in [3.63, 3.8) is 0 Å². The number of hydrogen-bond donors (Lipinski definition) is 2. The summed E-state index contributed by atoms with van der Waals surface area (Å²) in [5, 5.41) is 9.08. The van der Waals surface area contributed by atoms with Crippen LogP contribution in [0.1, 0.15) is 31.0 Å². The van der Waals surface area contributed by atoms with E-state index in [2.05, 4.69) is 9.97 Å². The SMILES string of the molecule is CCc1c(C)nc(N2CCCC(C(=O)O)C2)[nH]c1=O. The van der Waals surface area contributed by atoms with Crippen molar-refractivity contribution in [2.24, 2.45) is 5.92 Å². The Hall–Kier alpha value is -1.85. The Morgan fingerprint density at radius 1 is 1.58 bits per heavy atom. The predicted molar refractivity (Wildman–Crippen MR) is 71.5 cm³/mol. The van der Waals surface area contributed by atoms with E-state index in [1.54, 1.807) is 0 Å². The van der Waals surface area contributed by atoms with Crippen molar-refractivity contribution >= 4 is 11.9 Å². The molecule has 19 heavy (non-hydrogen) atoms. The highest BCUT2D eigenvalue weighted by Gasteiger charge is 2.26. The monoisotopic (exact) mass is 265 g/mol. The minimum Gasteiger partial charge on any atom is -0.481 e. The van der Waals surface area contributed by atoms with Crippen LogP contribution in [0.4, 0.5) is 5.95 Å². The topological polar surface area (TPSA) is 86.3 Å². The average Bonchev–Trinajstić information content (AvgIpc) is 2.38.